The molecule has 1 atom stereocenters. The van der Waals surface area contributed by atoms with E-state index in [1.807, 2.05) is 38.1 Å². The number of carbonyl (C=O) groups excluding carboxylic acids is 1. The van der Waals surface area contributed by atoms with Crippen LogP contribution in [0, 0.1) is 6.92 Å². The normalized spacial score (nSPS) is 14.6. The lowest BCUT2D eigenvalue weighted by Crippen LogP contribution is -2.41. The summed E-state index contributed by atoms with van der Waals surface area (Å²) in [5.74, 6) is 0.123. The van der Waals surface area contributed by atoms with E-state index in [1.54, 1.807) is 18.2 Å². The van der Waals surface area contributed by atoms with Gasteiger partial charge in [-0.1, -0.05) is 29.8 Å². The van der Waals surface area contributed by atoms with Crippen molar-refractivity contribution in [3.05, 3.63) is 82.3 Å². The number of hydrogen-bond donors (Lipinski definition) is 1. The molecule has 1 heterocycles. The zero-order valence-corrected chi connectivity index (χ0v) is 24.4. The molecule has 9 heteroatoms. The molecule has 0 aliphatic carbocycles. The Kier molecular flexibility index (Phi) is 8.99. The molecule has 4 rings (SSSR count). The van der Waals surface area contributed by atoms with Crippen LogP contribution in [0.4, 0.5) is 11.4 Å². The molecule has 1 saturated heterocycles. The van der Waals surface area contributed by atoms with Crippen molar-refractivity contribution in [1.82, 2.24) is 5.32 Å². The minimum atomic E-state index is -4.05. The number of nitrogens with zero attached hydrogens (tertiary/aromatic N) is 2. The first-order valence-corrected chi connectivity index (χ1v) is 15.0. The van der Waals surface area contributed by atoms with Gasteiger partial charge >= 0.3 is 0 Å². The average Bonchev–Trinajstić information content (AvgIpc) is 2.92. The molecule has 1 aliphatic heterocycles. The molecule has 3 aromatic carbocycles. The van der Waals surface area contributed by atoms with Crippen LogP contribution < -0.4 is 19.3 Å². The summed E-state index contributed by atoms with van der Waals surface area (Å²) < 4.78 is 34.3. The van der Waals surface area contributed by atoms with E-state index < -0.39 is 15.9 Å². The Bertz CT molecular complexity index is 1360. The lowest BCUT2D eigenvalue weighted by molar-refractivity contribution is -0.120. The predicted octanol–water partition coefficient (Wildman–Crippen LogP) is 5.83. The largest absolute Gasteiger partial charge is 0.496 e. The number of amides is 1. The third-order valence-electron chi connectivity index (χ3n) is 6.81. The number of benzene rings is 3. The van der Waals surface area contributed by atoms with Crippen LogP contribution in [0.2, 0.25) is 0 Å². The number of halogens is 1. The van der Waals surface area contributed by atoms with Crippen LogP contribution in [0.5, 0.6) is 5.75 Å². The molecule has 0 bridgehead atoms. The molecular formula is C29H34BrN3O4S. The van der Waals surface area contributed by atoms with Gasteiger partial charge in [-0.05, 0) is 97.1 Å². The Balaban J connectivity index is 1.53. The van der Waals surface area contributed by atoms with Gasteiger partial charge in [-0.15, -0.1) is 0 Å². The number of aryl methyl sites for hydroxylation is 1. The molecule has 0 saturated carbocycles. The number of piperidine rings is 1. The van der Waals surface area contributed by atoms with E-state index in [9.17, 15) is 13.2 Å². The number of anilines is 2. The maximum atomic E-state index is 13.7. The maximum absolute atomic E-state index is 13.7. The van der Waals surface area contributed by atoms with Crippen LogP contribution in [0.3, 0.4) is 0 Å². The average molecular weight is 601 g/mol. The lowest BCUT2D eigenvalue weighted by atomic mass is 10.1. The Morgan fingerprint density at radius 3 is 2.29 bits per heavy atom. The third-order valence-corrected chi connectivity index (χ3v) is 9.20. The van der Waals surface area contributed by atoms with Crippen LogP contribution in [0.15, 0.2) is 76.1 Å². The first-order valence-electron chi connectivity index (χ1n) is 12.8. The van der Waals surface area contributed by atoms with Crippen LogP contribution in [-0.2, 0) is 14.8 Å². The number of sulfonamides is 1. The molecule has 0 spiro atoms. The van der Waals surface area contributed by atoms with E-state index in [0.29, 0.717) is 15.9 Å². The molecule has 1 fully saturated rings. The van der Waals surface area contributed by atoms with Gasteiger partial charge in [-0.25, -0.2) is 8.42 Å². The number of nitrogens with one attached hydrogen (secondary N) is 1. The molecular weight excluding hydrogens is 566 g/mol. The van der Waals surface area contributed by atoms with Crippen molar-refractivity contribution in [3.63, 3.8) is 0 Å². The highest BCUT2D eigenvalue weighted by Gasteiger charge is 2.28. The van der Waals surface area contributed by atoms with E-state index in [-0.39, 0.29) is 17.5 Å². The van der Waals surface area contributed by atoms with Crippen molar-refractivity contribution in [2.24, 2.45) is 0 Å². The van der Waals surface area contributed by atoms with Gasteiger partial charge in [-0.3, -0.25) is 9.10 Å². The number of ether oxygens (including phenoxy) is 1. The van der Waals surface area contributed by atoms with Gasteiger partial charge in [0.25, 0.3) is 10.0 Å². The second kappa shape index (κ2) is 12.2. The Hall–Kier alpha value is -3.04. The van der Waals surface area contributed by atoms with Crippen molar-refractivity contribution >= 4 is 43.2 Å². The molecule has 1 aliphatic rings. The Morgan fingerprint density at radius 2 is 1.68 bits per heavy atom. The highest BCUT2D eigenvalue weighted by molar-refractivity contribution is 9.10. The smallest absolute Gasteiger partial charge is 0.264 e. The van der Waals surface area contributed by atoms with Gasteiger partial charge in [0.05, 0.1) is 28.2 Å². The Labute approximate surface area is 234 Å². The number of methoxy groups -OCH3 is 1. The second-order valence-electron chi connectivity index (χ2n) is 9.57. The topological polar surface area (TPSA) is 79.0 Å². The molecule has 1 N–H and O–H groups in total. The summed E-state index contributed by atoms with van der Waals surface area (Å²) >= 11 is 3.36. The van der Waals surface area contributed by atoms with Crippen molar-refractivity contribution < 1.29 is 17.9 Å². The lowest BCUT2D eigenvalue weighted by Gasteiger charge is -2.29. The minimum Gasteiger partial charge on any atom is -0.496 e. The van der Waals surface area contributed by atoms with Crippen LogP contribution >= 0.6 is 15.9 Å². The first kappa shape index (κ1) is 28.0. The maximum Gasteiger partial charge on any atom is 0.264 e. The second-order valence-corrected chi connectivity index (χ2v) is 12.3. The number of carbonyl (C=O) groups is 1. The number of hydrogen-bond acceptors (Lipinski definition) is 5. The monoisotopic (exact) mass is 599 g/mol. The van der Waals surface area contributed by atoms with Gasteiger partial charge in [-0.2, -0.15) is 0 Å². The molecule has 7 nitrogen and oxygen atoms in total. The minimum absolute atomic E-state index is 0.0555. The molecule has 38 heavy (non-hydrogen) atoms. The summed E-state index contributed by atoms with van der Waals surface area (Å²) in [6.45, 7) is 5.61. The zero-order chi connectivity index (χ0) is 27.3. The fourth-order valence-corrected chi connectivity index (χ4v) is 6.73. The van der Waals surface area contributed by atoms with E-state index in [2.05, 4.69) is 38.3 Å². The van der Waals surface area contributed by atoms with Gasteiger partial charge in [0.15, 0.2) is 0 Å². The third kappa shape index (κ3) is 6.50. The molecule has 1 unspecified atom stereocenters. The summed E-state index contributed by atoms with van der Waals surface area (Å²) in [7, 11) is -2.53. The van der Waals surface area contributed by atoms with Crippen LogP contribution in [0.25, 0.3) is 0 Å². The van der Waals surface area contributed by atoms with E-state index in [4.69, 9.17) is 4.74 Å². The number of rotatable bonds is 9. The SMILES string of the molecule is COc1ccc(S(=O)(=O)N(CC(=O)NC(C)c2ccc(N3CCCCC3)cc2)c2ccc(C)cc2)cc1Br. The van der Waals surface area contributed by atoms with Gasteiger partial charge in [0.1, 0.15) is 12.3 Å². The quantitative estimate of drug-likeness (QED) is 0.335. The summed E-state index contributed by atoms with van der Waals surface area (Å²) in [6.07, 6.45) is 3.70. The zero-order valence-electron chi connectivity index (χ0n) is 22.0. The van der Waals surface area contributed by atoms with Crippen LogP contribution in [-0.4, -0.2) is 41.1 Å². The molecule has 0 aromatic heterocycles. The van der Waals surface area contributed by atoms with Crippen molar-refractivity contribution in [2.75, 3.05) is 35.9 Å². The first-order chi connectivity index (χ1) is 18.2. The standard InChI is InChI=1S/C29H34BrN3O4S/c1-21-7-11-25(12-8-21)33(38(35,36)26-15-16-28(37-3)27(30)19-26)20-29(34)31-22(2)23-9-13-24(14-10-23)32-17-5-4-6-18-32/h7-16,19,22H,4-6,17-18,20H2,1-3H3,(H,31,34). The van der Waals surface area contributed by atoms with Crippen molar-refractivity contribution in [2.45, 2.75) is 44.0 Å². The van der Waals surface area contributed by atoms with Crippen LogP contribution in [0.1, 0.15) is 43.4 Å². The van der Waals surface area contributed by atoms with Gasteiger partial charge < -0.3 is 15.0 Å². The highest BCUT2D eigenvalue weighted by atomic mass is 79.9. The molecule has 3 aromatic rings. The fraction of sp³-hybridized carbons (Fsp3) is 0.345. The molecule has 1 amide bonds. The van der Waals surface area contributed by atoms with Gasteiger partial charge in [0, 0.05) is 18.8 Å². The fourth-order valence-electron chi connectivity index (χ4n) is 4.59. The summed E-state index contributed by atoms with van der Waals surface area (Å²) in [5.41, 5.74) is 3.55. The summed E-state index contributed by atoms with van der Waals surface area (Å²) in [5, 5.41) is 2.97. The summed E-state index contributed by atoms with van der Waals surface area (Å²) in [4.78, 5) is 15.6. The van der Waals surface area contributed by atoms with E-state index in [1.165, 1.54) is 44.2 Å². The molecule has 0 radical (unpaired) electrons. The van der Waals surface area contributed by atoms with E-state index >= 15 is 0 Å². The van der Waals surface area contributed by atoms with E-state index in [0.717, 1.165) is 28.5 Å². The van der Waals surface area contributed by atoms with Crippen molar-refractivity contribution in [1.29, 1.82) is 0 Å². The Morgan fingerprint density at radius 1 is 1.03 bits per heavy atom. The van der Waals surface area contributed by atoms with Crippen molar-refractivity contribution in [3.8, 4) is 5.75 Å². The predicted molar refractivity (Wildman–Crippen MR) is 155 cm³/mol. The highest BCUT2D eigenvalue weighted by Crippen LogP contribution is 2.31. The molecule has 202 valence electrons. The van der Waals surface area contributed by atoms with Gasteiger partial charge in [0.2, 0.25) is 5.91 Å². The summed E-state index contributed by atoms with van der Waals surface area (Å²) in [6, 6.07) is 19.6.